The predicted octanol–water partition coefficient (Wildman–Crippen LogP) is 3.91. The SMILES string of the molecule is COc1ccc(-c2cc(NCCCN3CCCC3=O)nc(N)n2)c(C)c1C.Nc1nc(Cl)cc(NCCCN2CCCC2=O)n1. The van der Waals surface area contributed by atoms with Gasteiger partial charge < -0.3 is 36.6 Å². The maximum absolute atomic E-state index is 11.6. The molecule has 6 N–H and O–H groups in total. The Morgan fingerprint density at radius 3 is 1.89 bits per heavy atom. The molecule has 14 heteroatoms. The molecule has 4 heterocycles. The van der Waals surface area contributed by atoms with Crippen molar-refractivity contribution in [3.05, 3.63) is 40.5 Å². The fourth-order valence-corrected chi connectivity index (χ4v) is 5.56. The van der Waals surface area contributed by atoms with Gasteiger partial charge in [0.25, 0.3) is 0 Å². The topological polar surface area (TPSA) is 178 Å². The van der Waals surface area contributed by atoms with Gasteiger partial charge in [-0.3, -0.25) is 9.59 Å². The quantitative estimate of drug-likeness (QED) is 0.167. The monoisotopic (exact) mass is 638 g/mol. The molecule has 0 bridgehead atoms. The number of benzene rings is 1. The van der Waals surface area contributed by atoms with Gasteiger partial charge in [0.05, 0.1) is 12.8 Å². The summed E-state index contributed by atoms with van der Waals surface area (Å²) in [5.74, 6) is 3.06. The van der Waals surface area contributed by atoms with Gasteiger partial charge in [0.1, 0.15) is 22.5 Å². The van der Waals surface area contributed by atoms with Gasteiger partial charge in [-0.2, -0.15) is 9.97 Å². The predicted molar refractivity (Wildman–Crippen MR) is 177 cm³/mol. The molecule has 0 atom stereocenters. The van der Waals surface area contributed by atoms with Crippen LogP contribution in [0, 0.1) is 13.8 Å². The Balaban J connectivity index is 0.000000222. The van der Waals surface area contributed by atoms with Gasteiger partial charge in [-0.25, -0.2) is 9.97 Å². The zero-order valence-electron chi connectivity index (χ0n) is 26.2. The fraction of sp³-hybridized carbons (Fsp3) is 0.484. The summed E-state index contributed by atoms with van der Waals surface area (Å²) in [6, 6.07) is 7.46. The van der Waals surface area contributed by atoms with Gasteiger partial charge in [-0.1, -0.05) is 11.6 Å². The largest absolute Gasteiger partial charge is 0.496 e. The summed E-state index contributed by atoms with van der Waals surface area (Å²) < 4.78 is 5.38. The molecule has 45 heavy (non-hydrogen) atoms. The van der Waals surface area contributed by atoms with Crippen LogP contribution >= 0.6 is 11.6 Å². The van der Waals surface area contributed by atoms with Crippen molar-refractivity contribution in [2.45, 2.75) is 52.4 Å². The van der Waals surface area contributed by atoms with Gasteiger partial charge >= 0.3 is 0 Å². The lowest BCUT2D eigenvalue weighted by Crippen LogP contribution is -2.27. The highest BCUT2D eigenvalue weighted by molar-refractivity contribution is 6.29. The summed E-state index contributed by atoms with van der Waals surface area (Å²) in [6.45, 7) is 8.82. The van der Waals surface area contributed by atoms with Crippen molar-refractivity contribution in [1.82, 2.24) is 29.7 Å². The number of nitrogens with zero attached hydrogens (tertiary/aromatic N) is 6. The van der Waals surface area contributed by atoms with Crippen molar-refractivity contribution in [2.75, 3.05) is 68.5 Å². The molecule has 2 aliphatic heterocycles. The van der Waals surface area contributed by atoms with Crippen molar-refractivity contribution in [1.29, 1.82) is 0 Å². The Morgan fingerprint density at radius 2 is 1.38 bits per heavy atom. The lowest BCUT2D eigenvalue weighted by atomic mass is 10.00. The Morgan fingerprint density at radius 1 is 0.822 bits per heavy atom. The highest BCUT2D eigenvalue weighted by Gasteiger charge is 2.20. The molecule has 13 nitrogen and oxygen atoms in total. The highest BCUT2D eigenvalue weighted by Crippen LogP contribution is 2.31. The molecule has 2 saturated heterocycles. The number of methoxy groups -OCH3 is 1. The zero-order chi connectivity index (χ0) is 32.3. The second-order valence-corrected chi connectivity index (χ2v) is 11.4. The highest BCUT2D eigenvalue weighted by atomic mass is 35.5. The van der Waals surface area contributed by atoms with Crippen molar-refractivity contribution >= 4 is 46.9 Å². The number of rotatable bonds is 12. The van der Waals surface area contributed by atoms with E-state index in [1.54, 1.807) is 13.2 Å². The smallest absolute Gasteiger partial charge is 0.223 e. The number of ether oxygens (including phenoxy) is 1. The number of carbonyl (C=O) groups is 2. The fourth-order valence-electron chi connectivity index (χ4n) is 5.37. The van der Waals surface area contributed by atoms with E-state index in [-0.39, 0.29) is 23.7 Å². The standard InChI is InChI=1S/C20H27N5O2.C11H16ClN5O/c1-13-14(2)17(27-3)8-7-15(13)16-12-18(24-20(21)23-16)22-9-5-11-25-10-4-6-19(25)26;12-8-7-9(16-11(13)15-8)14-4-2-6-17-5-1-3-10(17)18/h7-8,12H,4-6,9-11H2,1-3H3,(H3,21,22,23,24);7H,1-6H2,(H3,13,14,15,16). The van der Waals surface area contributed by atoms with E-state index in [0.29, 0.717) is 29.6 Å². The van der Waals surface area contributed by atoms with Crippen LogP contribution < -0.4 is 26.8 Å². The van der Waals surface area contributed by atoms with Gasteiger partial charge in [0.2, 0.25) is 23.7 Å². The molecule has 2 fully saturated rings. The third-order valence-corrected chi connectivity index (χ3v) is 8.05. The van der Waals surface area contributed by atoms with Crippen molar-refractivity contribution in [3.8, 4) is 17.0 Å². The number of nitrogens with one attached hydrogen (secondary N) is 2. The first kappa shape index (κ1) is 33.5. The number of hydrogen-bond acceptors (Lipinski definition) is 11. The number of amides is 2. The van der Waals surface area contributed by atoms with Crippen LogP contribution in [0.2, 0.25) is 5.15 Å². The first-order valence-corrected chi connectivity index (χ1v) is 15.6. The van der Waals surface area contributed by atoms with Crippen LogP contribution in [0.15, 0.2) is 24.3 Å². The Bertz CT molecular complexity index is 1470. The third-order valence-electron chi connectivity index (χ3n) is 7.85. The Hall–Kier alpha value is -4.39. The van der Waals surface area contributed by atoms with Crippen LogP contribution in [0.4, 0.5) is 23.5 Å². The van der Waals surface area contributed by atoms with E-state index in [1.807, 2.05) is 41.8 Å². The molecule has 1 aromatic carbocycles. The van der Waals surface area contributed by atoms with E-state index in [9.17, 15) is 9.59 Å². The number of nitrogen functional groups attached to an aromatic ring is 2. The molecular formula is C31H43ClN10O3. The van der Waals surface area contributed by atoms with E-state index in [0.717, 1.165) is 93.1 Å². The molecule has 0 spiro atoms. The average Bonchev–Trinajstić information content (AvgIpc) is 3.61. The number of carbonyl (C=O) groups excluding carboxylic acids is 2. The normalized spacial score (nSPS) is 14.4. The summed E-state index contributed by atoms with van der Waals surface area (Å²) in [6.07, 6.45) is 5.05. The van der Waals surface area contributed by atoms with E-state index >= 15 is 0 Å². The second-order valence-electron chi connectivity index (χ2n) is 11.0. The Labute approximate surface area is 269 Å². The van der Waals surface area contributed by atoms with Crippen LogP contribution in [0.1, 0.15) is 49.7 Å². The number of likely N-dealkylation sites (tertiary alicyclic amines) is 2. The van der Waals surface area contributed by atoms with Crippen molar-refractivity contribution in [2.24, 2.45) is 0 Å². The molecule has 0 aliphatic carbocycles. The zero-order valence-corrected chi connectivity index (χ0v) is 27.0. The van der Waals surface area contributed by atoms with Gasteiger partial charge in [0, 0.05) is 69.8 Å². The summed E-state index contributed by atoms with van der Waals surface area (Å²) >= 11 is 5.76. The molecule has 0 unspecified atom stereocenters. The first-order valence-electron chi connectivity index (χ1n) is 15.3. The van der Waals surface area contributed by atoms with Crippen molar-refractivity contribution in [3.63, 3.8) is 0 Å². The molecule has 2 aromatic heterocycles. The summed E-state index contributed by atoms with van der Waals surface area (Å²) in [5.41, 5.74) is 15.4. The number of halogens is 1. The maximum atomic E-state index is 11.6. The van der Waals surface area contributed by atoms with Crippen LogP contribution in [0.25, 0.3) is 11.3 Å². The van der Waals surface area contributed by atoms with Crippen molar-refractivity contribution < 1.29 is 14.3 Å². The molecule has 2 aliphatic rings. The van der Waals surface area contributed by atoms with Crippen LogP contribution in [-0.4, -0.2) is 87.9 Å². The second kappa shape index (κ2) is 16.1. The first-order chi connectivity index (χ1) is 21.6. The number of nitrogens with two attached hydrogens (primary N) is 2. The molecule has 0 radical (unpaired) electrons. The molecule has 5 rings (SSSR count). The summed E-state index contributed by atoms with van der Waals surface area (Å²) in [7, 11) is 1.67. The number of hydrogen-bond donors (Lipinski definition) is 4. The number of anilines is 4. The summed E-state index contributed by atoms with van der Waals surface area (Å²) in [4.78, 5) is 43.3. The average molecular weight is 639 g/mol. The van der Waals surface area contributed by atoms with E-state index < -0.39 is 0 Å². The minimum absolute atomic E-state index is 0.153. The van der Waals surface area contributed by atoms with Gasteiger partial charge in [-0.05, 0) is 62.8 Å². The molecule has 2 amide bonds. The number of aromatic nitrogens is 4. The lowest BCUT2D eigenvalue weighted by molar-refractivity contribution is -0.128. The van der Waals surface area contributed by atoms with Gasteiger partial charge in [0.15, 0.2) is 0 Å². The van der Waals surface area contributed by atoms with Gasteiger partial charge in [-0.15, -0.1) is 0 Å². The molecular weight excluding hydrogens is 596 g/mol. The van der Waals surface area contributed by atoms with Crippen LogP contribution in [0.5, 0.6) is 5.75 Å². The van der Waals surface area contributed by atoms with E-state index in [2.05, 4.69) is 30.6 Å². The van der Waals surface area contributed by atoms with E-state index in [4.69, 9.17) is 27.8 Å². The molecule has 0 saturated carbocycles. The minimum atomic E-state index is 0.153. The Kier molecular flexibility index (Phi) is 12.0. The molecule has 242 valence electrons. The van der Waals surface area contributed by atoms with E-state index in [1.165, 1.54) is 0 Å². The summed E-state index contributed by atoms with van der Waals surface area (Å²) in [5, 5.41) is 6.73. The minimum Gasteiger partial charge on any atom is -0.496 e. The maximum Gasteiger partial charge on any atom is 0.223 e. The molecule has 3 aromatic rings. The van der Waals surface area contributed by atoms with Crippen LogP contribution in [-0.2, 0) is 9.59 Å². The van der Waals surface area contributed by atoms with Crippen LogP contribution in [0.3, 0.4) is 0 Å². The lowest BCUT2D eigenvalue weighted by Gasteiger charge is -2.16. The third kappa shape index (κ3) is 9.55.